The maximum atomic E-state index is 12.8. The van der Waals surface area contributed by atoms with Crippen LogP contribution >= 0.6 is 0 Å². The molecule has 8 rings (SSSR count). The normalized spacial score (nSPS) is 16.1. The second-order valence-corrected chi connectivity index (χ2v) is 18.1. The predicted octanol–water partition coefficient (Wildman–Crippen LogP) is 6.16. The quantitative estimate of drug-likeness (QED) is 0.146. The SMILES string of the molecule is CC(NC(=O)c1cc2cnccc2[nH]1)c1ccc(S(=O)(=O)N2CCCCC2)cc1.O=C(NCc1ccc(S(=O)(=O)N2CCCCC2)cc1)c1cc2cnccc2o1. The van der Waals surface area contributed by atoms with Crippen LogP contribution < -0.4 is 10.6 Å². The van der Waals surface area contributed by atoms with Gasteiger partial charge in [-0.15, -0.1) is 0 Å². The standard InChI is InChI=1S/C21H24N4O3S.C20H21N3O4S/c1-15(23-21(26)20-13-17-14-22-10-9-19(17)24-20)16-5-7-18(8-6-16)29(27,28)25-11-3-2-4-12-25;24-20(19-12-16-14-21-9-8-18(16)27-19)22-13-15-4-6-17(7-5-15)28(25,26)23-10-2-1-3-11-23/h5-10,13-15,24H,2-4,11-12H2,1H3,(H,23,26);4-9,12,14H,1-3,10-11,13H2,(H,22,24). The number of carbonyl (C=O) groups excluding carboxylic acids is 2. The highest BCUT2D eigenvalue weighted by Gasteiger charge is 2.27. The molecule has 57 heavy (non-hydrogen) atoms. The number of aromatic amines is 1. The van der Waals surface area contributed by atoms with Crippen molar-refractivity contribution in [1.82, 2.24) is 34.2 Å². The third-order valence-corrected chi connectivity index (χ3v) is 14.0. The Morgan fingerprint density at radius 2 is 1.28 bits per heavy atom. The van der Waals surface area contributed by atoms with Gasteiger partial charge in [0.15, 0.2) is 5.76 Å². The number of aromatic nitrogens is 3. The summed E-state index contributed by atoms with van der Waals surface area (Å²) in [6.45, 7) is 4.46. The highest BCUT2D eigenvalue weighted by atomic mass is 32.2. The number of hydrogen-bond donors (Lipinski definition) is 3. The van der Waals surface area contributed by atoms with Crippen LogP contribution in [0.4, 0.5) is 0 Å². The Hall–Kier alpha value is -5.42. The minimum absolute atomic E-state index is 0.215. The fourth-order valence-electron chi connectivity index (χ4n) is 6.93. The Labute approximate surface area is 331 Å². The van der Waals surface area contributed by atoms with Crippen LogP contribution in [0.15, 0.2) is 112 Å². The van der Waals surface area contributed by atoms with Crippen molar-refractivity contribution in [1.29, 1.82) is 0 Å². The van der Waals surface area contributed by atoms with Crippen LogP contribution in [0.1, 0.15) is 83.7 Å². The molecule has 6 aromatic rings. The smallest absolute Gasteiger partial charge is 0.287 e. The molecular formula is C41H45N7O7S2. The van der Waals surface area contributed by atoms with Crippen molar-refractivity contribution in [2.45, 2.75) is 67.8 Å². The first kappa shape index (κ1) is 39.8. The molecule has 0 spiro atoms. The summed E-state index contributed by atoms with van der Waals surface area (Å²) in [5.74, 6) is -0.341. The van der Waals surface area contributed by atoms with E-state index in [1.165, 1.54) is 0 Å². The van der Waals surface area contributed by atoms with Crippen LogP contribution in [0.5, 0.6) is 0 Å². The summed E-state index contributed by atoms with van der Waals surface area (Å²) in [5.41, 5.74) is 3.57. The van der Waals surface area contributed by atoms with Crippen LogP contribution in [0.3, 0.4) is 0 Å². The van der Waals surface area contributed by atoms with Gasteiger partial charge in [0.05, 0.1) is 15.8 Å². The van der Waals surface area contributed by atoms with Gasteiger partial charge in [0.25, 0.3) is 11.8 Å². The first-order valence-electron chi connectivity index (χ1n) is 19.0. The summed E-state index contributed by atoms with van der Waals surface area (Å²) < 4.78 is 59.5. The molecule has 0 bridgehead atoms. The lowest BCUT2D eigenvalue weighted by molar-refractivity contribution is 0.0921. The van der Waals surface area contributed by atoms with Crippen molar-refractivity contribution in [2.75, 3.05) is 26.2 Å². The van der Waals surface area contributed by atoms with Gasteiger partial charge >= 0.3 is 0 Å². The fourth-order valence-corrected chi connectivity index (χ4v) is 9.97. The molecule has 16 heteroatoms. The number of nitrogens with one attached hydrogen (secondary N) is 3. The fraction of sp³-hybridized carbons (Fsp3) is 0.317. The van der Waals surface area contributed by atoms with Gasteiger partial charge in [0, 0.05) is 73.8 Å². The number of pyridine rings is 2. The number of rotatable bonds is 10. The van der Waals surface area contributed by atoms with Crippen molar-refractivity contribution in [3.05, 3.63) is 120 Å². The number of piperidine rings is 2. The number of amides is 2. The first-order valence-corrected chi connectivity index (χ1v) is 21.9. The third kappa shape index (κ3) is 9.25. The lowest BCUT2D eigenvalue weighted by Crippen LogP contribution is -2.35. The van der Waals surface area contributed by atoms with Crippen molar-refractivity contribution in [3.63, 3.8) is 0 Å². The maximum absolute atomic E-state index is 12.8. The molecular weight excluding hydrogens is 767 g/mol. The number of nitrogens with zero attached hydrogens (tertiary/aromatic N) is 4. The second-order valence-electron chi connectivity index (χ2n) is 14.2. The number of sulfonamides is 2. The largest absolute Gasteiger partial charge is 0.451 e. The molecule has 0 saturated carbocycles. The molecule has 2 aliphatic heterocycles. The molecule has 1 unspecified atom stereocenters. The summed E-state index contributed by atoms with van der Waals surface area (Å²) in [7, 11) is -6.89. The van der Waals surface area contributed by atoms with E-state index in [1.54, 1.807) is 100 Å². The second kappa shape index (κ2) is 17.4. The Morgan fingerprint density at radius 1 is 0.719 bits per heavy atom. The first-order chi connectivity index (χ1) is 27.5. The van der Waals surface area contributed by atoms with Crippen LogP contribution in [0.2, 0.25) is 0 Å². The van der Waals surface area contributed by atoms with E-state index in [0.717, 1.165) is 65.9 Å². The summed E-state index contributed by atoms with van der Waals surface area (Å²) >= 11 is 0. The molecule has 0 radical (unpaired) electrons. The van der Waals surface area contributed by atoms with Crippen LogP contribution in [0, 0.1) is 0 Å². The maximum Gasteiger partial charge on any atom is 0.287 e. The predicted molar refractivity (Wildman–Crippen MR) is 215 cm³/mol. The van der Waals surface area contributed by atoms with Gasteiger partial charge in [-0.3, -0.25) is 19.6 Å². The lowest BCUT2D eigenvalue weighted by Gasteiger charge is -2.26. The minimum atomic E-state index is -3.45. The van der Waals surface area contributed by atoms with E-state index in [-0.39, 0.29) is 35.1 Å². The summed E-state index contributed by atoms with van der Waals surface area (Å²) in [6, 6.07) is 20.1. The van der Waals surface area contributed by atoms with Crippen LogP contribution in [-0.4, -0.2) is 78.4 Å². The van der Waals surface area contributed by atoms with Gasteiger partial charge < -0.3 is 20.0 Å². The zero-order valence-corrected chi connectivity index (χ0v) is 33.2. The highest BCUT2D eigenvalue weighted by molar-refractivity contribution is 7.89. The molecule has 1 atom stereocenters. The molecule has 2 amide bonds. The lowest BCUT2D eigenvalue weighted by atomic mass is 10.1. The van der Waals surface area contributed by atoms with E-state index in [0.29, 0.717) is 42.4 Å². The highest BCUT2D eigenvalue weighted by Crippen LogP contribution is 2.24. The van der Waals surface area contributed by atoms with E-state index < -0.39 is 20.0 Å². The van der Waals surface area contributed by atoms with Crippen LogP contribution in [0.25, 0.3) is 21.9 Å². The van der Waals surface area contributed by atoms with Crippen molar-refractivity contribution >= 4 is 53.7 Å². The summed E-state index contributed by atoms with van der Waals surface area (Å²) in [5, 5.41) is 7.37. The number of fused-ring (bicyclic) bond motifs is 2. The van der Waals surface area contributed by atoms with Crippen LogP contribution in [-0.2, 0) is 26.6 Å². The molecule has 6 heterocycles. The molecule has 14 nitrogen and oxygen atoms in total. The van der Waals surface area contributed by atoms with Gasteiger partial charge in [-0.05, 0) is 92.3 Å². The molecule has 3 N–H and O–H groups in total. The number of furan rings is 1. The minimum Gasteiger partial charge on any atom is -0.451 e. The number of carbonyl (C=O) groups is 2. The molecule has 4 aromatic heterocycles. The molecule has 2 fully saturated rings. The molecule has 0 aliphatic carbocycles. The Bertz CT molecular complexity index is 2490. The van der Waals surface area contributed by atoms with Gasteiger partial charge in [0.1, 0.15) is 11.3 Å². The van der Waals surface area contributed by atoms with E-state index in [4.69, 9.17) is 4.42 Å². The zero-order valence-electron chi connectivity index (χ0n) is 31.6. The Kier molecular flexibility index (Phi) is 12.1. The molecule has 2 saturated heterocycles. The number of hydrogen-bond acceptors (Lipinski definition) is 9. The molecule has 2 aromatic carbocycles. The Balaban J connectivity index is 0.000000174. The monoisotopic (exact) mass is 811 g/mol. The van der Waals surface area contributed by atoms with E-state index in [2.05, 4.69) is 25.6 Å². The number of benzene rings is 2. The average Bonchev–Trinajstić information content (AvgIpc) is 3.89. The molecule has 298 valence electrons. The summed E-state index contributed by atoms with van der Waals surface area (Å²) in [4.78, 5) is 36.6. The van der Waals surface area contributed by atoms with Gasteiger partial charge in [0.2, 0.25) is 20.0 Å². The topological polar surface area (TPSA) is 188 Å². The van der Waals surface area contributed by atoms with E-state index in [9.17, 15) is 26.4 Å². The van der Waals surface area contributed by atoms with E-state index >= 15 is 0 Å². The van der Waals surface area contributed by atoms with E-state index in [1.807, 2.05) is 13.0 Å². The van der Waals surface area contributed by atoms with Crippen molar-refractivity contribution in [2.24, 2.45) is 0 Å². The van der Waals surface area contributed by atoms with Gasteiger partial charge in [-0.25, -0.2) is 16.8 Å². The van der Waals surface area contributed by atoms with Gasteiger partial charge in [-0.2, -0.15) is 8.61 Å². The number of H-pyrrole nitrogens is 1. The third-order valence-electron chi connectivity index (χ3n) is 10.2. The molecule has 2 aliphatic rings. The Morgan fingerprint density at radius 3 is 1.86 bits per heavy atom. The zero-order chi connectivity index (χ0) is 40.0. The van der Waals surface area contributed by atoms with Gasteiger partial charge in [-0.1, -0.05) is 37.1 Å². The average molecular weight is 812 g/mol. The van der Waals surface area contributed by atoms with Crippen molar-refractivity contribution in [3.8, 4) is 0 Å². The van der Waals surface area contributed by atoms with Crippen molar-refractivity contribution < 1.29 is 30.8 Å². The summed E-state index contributed by atoms with van der Waals surface area (Å²) in [6.07, 6.45) is 12.4.